The quantitative estimate of drug-likeness (QED) is 0.853. The number of rotatable bonds is 2. The van der Waals surface area contributed by atoms with E-state index in [4.69, 9.17) is 0 Å². The summed E-state index contributed by atoms with van der Waals surface area (Å²) >= 11 is 0. The second-order valence-electron chi connectivity index (χ2n) is 4.94. The number of nitrogens with zero attached hydrogens (tertiary/aromatic N) is 1. The van der Waals surface area contributed by atoms with Crippen LogP contribution in [0, 0.1) is 5.82 Å². The molecule has 0 aromatic heterocycles. The first-order chi connectivity index (χ1) is 9.50. The molecule has 0 saturated heterocycles. The summed E-state index contributed by atoms with van der Waals surface area (Å²) < 4.78 is 39.8. The Labute approximate surface area is 117 Å². The highest BCUT2D eigenvalue weighted by Crippen LogP contribution is 2.36. The van der Waals surface area contributed by atoms with Gasteiger partial charge in [-0.15, -0.1) is 0 Å². The van der Waals surface area contributed by atoms with Crippen LogP contribution in [0.4, 0.5) is 10.1 Å². The molecule has 0 bridgehead atoms. The second-order valence-corrected chi connectivity index (χ2v) is 6.75. The van der Waals surface area contributed by atoms with Gasteiger partial charge in [0.15, 0.2) is 0 Å². The molecule has 2 aromatic rings. The summed E-state index contributed by atoms with van der Waals surface area (Å²) in [5, 5.41) is 0. The predicted octanol–water partition coefficient (Wildman–Crippen LogP) is 2.97. The zero-order valence-corrected chi connectivity index (χ0v) is 11.8. The molecule has 1 aliphatic heterocycles. The molecule has 0 saturated carbocycles. The van der Waals surface area contributed by atoms with Gasteiger partial charge in [-0.25, -0.2) is 12.8 Å². The van der Waals surface area contributed by atoms with Crippen molar-refractivity contribution in [1.82, 2.24) is 0 Å². The lowest BCUT2D eigenvalue weighted by Crippen LogP contribution is -2.35. The Bertz CT molecular complexity index is 741. The van der Waals surface area contributed by atoms with Crippen LogP contribution in [-0.4, -0.2) is 14.5 Å². The van der Waals surface area contributed by atoms with Gasteiger partial charge in [0.25, 0.3) is 10.0 Å². The van der Waals surface area contributed by atoms with Crippen LogP contribution in [0.3, 0.4) is 0 Å². The van der Waals surface area contributed by atoms with Crippen LogP contribution in [0.25, 0.3) is 0 Å². The Morgan fingerprint density at radius 2 is 1.75 bits per heavy atom. The maximum Gasteiger partial charge on any atom is 0.264 e. The van der Waals surface area contributed by atoms with Crippen LogP contribution < -0.4 is 4.31 Å². The normalized spacial score (nSPS) is 18.1. The maximum atomic E-state index is 13.0. The van der Waals surface area contributed by atoms with Crippen LogP contribution in [0.5, 0.6) is 0 Å². The van der Waals surface area contributed by atoms with E-state index in [1.807, 2.05) is 25.1 Å². The third-order valence-electron chi connectivity index (χ3n) is 3.52. The van der Waals surface area contributed by atoms with Crippen LogP contribution >= 0.6 is 0 Å². The van der Waals surface area contributed by atoms with Gasteiger partial charge in [-0.2, -0.15) is 0 Å². The monoisotopic (exact) mass is 291 g/mol. The van der Waals surface area contributed by atoms with Gasteiger partial charge in [0.2, 0.25) is 0 Å². The van der Waals surface area contributed by atoms with E-state index in [-0.39, 0.29) is 10.9 Å². The summed E-state index contributed by atoms with van der Waals surface area (Å²) in [6.45, 7) is 1.88. The van der Waals surface area contributed by atoms with Crippen LogP contribution in [0.15, 0.2) is 53.4 Å². The first kappa shape index (κ1) is 13.1. The fourth-order valence-electron chi connectivity index (χ4n) is 2.62. The number of para-hydroxylation sites is 1. The van der Waals surface area contributed by atoms with Crippen molar-refractivity contribution in [3.63, 3.8) is 0 Å². The Kier molecular flexibility index (Phi) is 3.01. The van der Waals surface area contributed by atoms with E-state index < -0.39 is 15.8 Å². The van der Waals surface area contributed by atoms with Crippen molar-refractivity contribution in [3.05, 3.63) is 59.9 Å². The lowest BCUT2D eigenvalue weighted by molar-refractivity contribution is 0.583. The lowest BCUT2D eigenvalue weighted by atomic mass is 10.1. The predicted molar refractivity (Wildman–Crippen MR) is 75.7 cm³/mol. The molecular formula is C15H14FNO2S. The minimum absolute atomic E-state index is 0.113. The summed E-state index contributed by atoms with van der Waals surface area (Å²) in [5.41, 5.74) is 1.73. The number of hydrogen-bond acceptors (Lipinski definition) is 2. The molecule has 3 rings (SSSR count). The zero-order valence-electron chi connectivity index (χ0n) is 11.0. The standard InChI is InChI=1S/C15H14FNO2S/c1-11-10-12-4-2-3-5-15(12)17(11)20(18,19)14-8-6-13(16)7-9-14/h2-9,11H,10H2,1H3/t11-/m0/s1. The molecule has 0 fully saturated rings. The number of sulfonamides is 1. The molecule has 3 nitrogen and oxygen atoms in total. The van der Waals surface area contributed by atoms with Gasteiger partial charge < -0.3 is 0 Å². The van der Waals surface area contributed by atoms with E-state index in [1.165, 1.54) is 28.6 Å². The maximum absolute atomic E-state index is 13.0. The summed E-state index contributed by atoms with van der Waals surface area (Å²) in [6, 6.07) is 12.3. The van der Waals surface area contributed by atoms with E-state index in [0.29, 0.717) is 12.1 Å². The molecule has 5 heteroatoms. The molecule has 2 aromatic carbocycles. The summed E-state index contributed by atoms with van der Waals surface area (Å²) in [5.74, 6) is -0.446. The Balaban J connectivity index is 2.10. The average Bonchev–Trinajstić information content (AvgIpc) is 2.75. The third-order valence-corrected chi connectivity index (χ3v) is 5.46. The van der Waals surface area contributed by atoms with Gasteiger partial charge in [0.05, 0.1) is 10.6 Å². The highest BCUT2D eigenvalue weighted by Gasteiger charge is 2.35. The number of benzene rings is 2. The first-order valence-electron chi connectivity index (χ1n) is 6.38. The van der Waals surface area contributed by atoms with Crippen LogP contribution in [-0.2, 0) is 16.4 Å². The van der Waals surface area contributed by atoms with Crippen molar-refractivity contribution in [2.24, 2.45) is 0 Å². The molecule has 0 amide bonds. The number of fused-ring (bicyclic) bond motifs is 1. The third kappa shape index (κ3) is 1.98. The molecule has 20 heavy (non-hydrogen) atoms. The molecule has 1 heterocycles. The summed E-state index contributed by atoms with van der Waals surface area (Å²) in [4.78, 5) is 0.113. The Morgan fingerprint density at radius 1 is 1.10 bits per heavy atom. The number of anilines is 1. The Hall–Kier alpha value is -1.88. The van der Waals surface area contributed by atoms with Gasteiger partial charge in [0, 0.05) is 6.04 Å². The molecule has 1 aliphatic rings. The van der Waals surface area contributed by atoms with Gasteiger partial charge in [-0.3, -0.25) is 4.31 Å². The molecule has 0 radical (unpaired) electrons. The molecule has 0 spiro atoms. The molecule has 104 valence electrons. The number of hydrogen-bond donors (Lipinski definition) is 0. The molecule has 0 unspecified atom stereocenters. The van der Waals surface area contributed by atoms with Gasteiger partial charge in [0.1, 0.15) is 5.82 Å². The average molecular weight is 291 g/mol. The van der Waals surface area contributed by atoms with E-state index in [0.717, 1.165) is 5.56 Å². The van der Waals surface area contributed by atoms with E-state index in [9.17, 15) is 12.8 Å². The van der Waals surface area contributed by atoms with Gasteiger partial charge >= 0.3 is 0 Å². The summed E-state index contributed by atoms with van der Waals surface area (Å²) in [7, 11) is -3.65. The van der Waals surface area contributed by atoms with Gasteiger partial charge in [-0.05, 0) is 49.2 Å². The molecule has 1 atom stereocenters. The van der Waals surface area contributed by atoms with Crippen molar-refractivity contribution < 1.29 is 12.8 Å². The van der Waals surface area contributed by atoms with Crippen LogP contribution in [0.2, 0.25) is 0 Å². The minimum atomic E-state index is -3.65. The van der Waals surface area contributed by atoms with Crippen molar-refractivity contribution >= 4 is 15.7 Å². The highest BCUT2D eigenvalue weighted by atomic mass is 32.2. The second kappa shape index (κ2) is 4.59. The van der Waals surface area contributed by atoms with Crippen molar-refractivity contribution in [3.8, 4) is 0 Å². The van der Waals surface area contributed by atoms with Crippen molar-refractivity contribution in [1.29, 1.82) is 0 Å². The number of halogens is 1. The lowest BCUT2D eigenvalue weighted by Gasteiger charge is -2.24. The van der Waals surface area contributed by atoms with Crippen LogP contribution in [0.1, 0.15) is 12.5 Å². The molecule has 0 aliphatic carbocycles. The summed E-state index contributed by atoms with van der Waals surface area (Å²) in [6.07, 6.45) is 0.691. The van der Waals surface area contributed by atoms with E-state index >= 15 is 0 Å². The fraction of sp³-hybridized carbons (Fsp3) is 0.200. The molecule has 0 N–H and O–H groups in total. The van der Waals surface area contributed by atoms with Gasteiger partial charge in [-0.1, -0.05) is 18.2 Å². The van der Waals surface area contributed by atoms with E-state index in [2.05, 4.69) is 0 Å². The van der Waals surface area contributed by atoms with E-state index in [1.54, 1.807) is 6.07 Å². The highest BCUT2D eigenvalue weighted by molar-refractivity contribution is 7.92. The largest absolute Gasteiger partial charge is 0.264 e. The van der Waals surface area contributed by atoms with Crippen molar-refractivity contribution in [2.75, 3.05) is 4.31 Å². The Morgan fingerprint density at radius 3 is 2.45 bits per heavy atom. The fourth-order valence-corrected chi connectivity index (χ4v) is 4.32. The smallest absolute Gasteiger partial charge is 0.263 e. The molecular weight excluding hydrogens is 277 g/mol. The topological polar surface area (TPSA) is 37.4 Å². The zero-order chi connectivity index (χ0) is 14.3. The SMILES string of the molecule is C[C@H]1Cc2ccccc2N1S(=O)(=O)c1ccc(F)cc1. The van der Waals surface area contributed by atoms with Crippen molar-refractivity contribution in [2.45, 2.75) is 24.3 Å². The minimum Gasteiger partial charge on any atom is -0.263 e. The first-order valence-corrected chi connectivity index (χ1v) is 7.82.